The minimum Gasteiger partial charge on any atom is -0.535 e. The predicted molar refractivity (Wildman–Crippen MR) is 99.3 cm³/mol. The van der Waals surface area contributed by atoms with Gasteiger partial charge in [0.1, 0.15) is 17.0 Å². The fraction of sp³-hybridized carbons (Fsp3) is 0.188. The molecule has 0 saturated carbocycles. The number of Topliss-reactive ketones (excluding diaryl/α,β-unsaturated/α-hetero) is 1. The van der Waals surface area contributed by atoms with Crippen LogP contribution in [0.4, 0.5) is 5.13 Å². The van der Waals surface area contributed by atoms with Crippen molar-refractivity contribution in [3.05, 3.63) is 39.9 Å². The van der Waals surface area contributed by atoms with Gasteiger partial charge >= 0.3 is 13.1 Å². The first-order valence-corrected chi connectivity index (χ1v) is 8.89. The van der Waals surface area contributed by atoms with Gasteiger partial charge in [-0.2, -0.15) is 0 Å². The summed E-state index contributed by atoms with van der Waals surface area (Å²) in [5.41, 5.74) is 5.35. The number of carboxylic acid groups (broad SMARTS) is 1. The molecule has 1 aliphatic rings. The van der Waals surface area contributed by atoms with E-state index in [1.54, 1.807) is 0 Å². The molecule has 144 valence electrons. The van der Waals surface area contributed by atoms with Crippen LogP contribution in [0.25, 0.3) is 0 Å². The van der Waals surface area contributed by atoms with Gasteiger partial charge in [0, 0.05) is 23.2 Å². The number of aromatic nitrogens is 1. The molecule has 0 fully saturated rings. The second-order valence-electron chi connectivity index (χ2n) is 6.06. The van der Waals surface area contributed by atoms with E-state index in [1.807, 2.05) is 0 Å². The molecule has 0 bridgehead atoms. The summed E-state index contributed by atoms with van der Waals surface area (Å²) in [6.07, 6.45) is 0.271. The number of carbonyl (C=O) groups excluding carboxylic acids is 2. The average Bonchev–Trinajstić information content (AvgIpc) is 3.07. The van der Waals surface area contributed by atoms with Crippen LogP contribution in [0.1, 0.15) is 38.4 Å². The molecule has 1 aliphatic heterocycles. The molecule has 1 aromatic heterocycles. The molecular formula is C16H14BN3O7S. The van der Waals surface area contributed by atoms with E-state index < -0.39 is 24.7 Å². The Morgan fingerprint density at radius 1 is 1.46 bits per heavy atom. The van der Waals surface area contributed by atoms with Crippen molar-refractivity contribution in [1.82, 2.24) is 4.98 Å². The van der Waals surface area contributed by atoms with E-state index in [0.717, 1.165) is 11.3 Å². The number of nitrogens with zero attached hydrogens (tertiary/aromatic N) is 2. The number of hydrogen-bond acceptors (Lipinski definition) is 10. The van der Waals surface area contributed by atoms with E-state index >= 15 is 0 Å². The van der Waals surface area contributed by atoms with E-state index in [-0.39, 0.29) is 46.3 Å². The second kappa shape index (κ2) is 7.78. The number of carboxylic acids is 1. The van der Waals surface area contributed by atoms with E-state index in [2.05, 4.69) is 10.1 Å². The van der Waals surface area contributed by atoms with Crippen LogP contribution in [0.15, 0.2) is 22.7 Å². The lowest BCUT2D eigenvalue weighted by Crippen LogP contribution is -2.37. The average molecular weight is 403 g/mol. The summed E-state index contributed by atoms with van der Waals surface area (Å²) in [5.74, 6) is -2.78. The highest BCUT2D eigenvalue weighted by Crippen LogP contribution is 2.37. The zero-order chi connectivity index (χ0) is 20.4. The number of thiazole rings is 1. The van der Waals surface area contributed by atoms with E-state index in [0.29, 0.717) is 11.8 Å². The lowest BCUT2D eigenvalue weighted by Gasteiger charge is -2.28. The van der Waals surface area contributed by atoms with Gasteiger partial charge in [0.15, 0.2) is 22.9 Å². The molecule has 28 heavy (non-hydrogen) atoms. The van der Waals surface area contributed by atoms with Crippen molar-refractivity contribution < 1.29 is 34.4 Å². The number of rotatable bonds is 6. The summed E-state index contributed by atoms with van der Waals surface area (Å²) >= 11 is 1.07. The van der Waals surface area contributed by atoms with Crippen molar-refractivity contribution in [1.29, 1.82) is 0 Å². The molecule has 0 amide bonds. The lowest BCUT2D eigenvalue weighted by atomic mass is 9.64. The number of aromatic carboxylic acids is 1. The number of anilines is 1. The molecule has 0 radical (unpaired) electrons. The van der Waals surface area contributed by atoms with Crippen LogP contribution < -0.4 is 10.4 Å². The Bertz CT molecular complexity index is 991. The summed E-state index contributed by atoms with van der Waals surface area (Å²) in [5, 5.41) is 33.4. The predicted octanol–water partition coefficient (Wildman–Crippen LogP) is 0.859. The molecule has 0 saturated heterocycles. The molecule has 12 heteroatoms. The van der Waals surface area contributed by atoms with Gasteiger partial charge in [0.2, 0.25) is 0 Å². The van der Waals surface area contributed by atoms with Crippen LogP contribution in [0.2, 0.25) is 5.82 Å². The summed E-state index contributed by atoms with van der Waals surface area (Å²) in [6, 6.07) is 2.85. The minimum atomic E-state index is -1.49. The molecule has 2 heterocycles. The van der Waals surface area contributed by atoms with Gasteiger partial charge in [-0.25, -0.2) is 9.78 Å². The SMILES string of the molecule is Nc1nc(/C(=N/O)C(=O)C[C@H]2Cc3ccc(C=O)c(C(=O)O)c3OB2O)cs1. The number of ketones is 1. The number of benzene rings is 1. The van der Waals surface area contributed by atoms with Gasteiger partial charge in [-0.3, -0.25) is 9.59 Å². The number of nitrogens with two attached hydrogens (primary N) is 1. The summed E-state index contributed by atoms with van der Waals surface area (Å²) < 4.78 is 5.33. The molecule has 0 unspecified atom stereocenters. The van der Waals surface area contributed by atoms with Gasteiger partial charge in [0.25, 0.3) is 0 Å². The highest BCUT2D eigenvalue weighted by atomic mass is 32.1. The Balaban J connectivity index is 1.85. The quantitative estimate of drug-likeness (QED) is 0.179. The maximum atomic E-state index is 12.5. The Hall–Kier alpha value is -3.25. The first kappa shape index (κ1) is 19.5. The first-order chi connectivity index (χ1) is 13.3. The number of hydrogen-bond donors (Lipinski definition) is 4. The van der Waals surface area contributed by atoms with Crippen molar-refractivity contribution in [2.45, 2.75) is 18.7 Å². The molecule has 0 aliphatic carbocycles. The maximum absolute atomic E-state index is 12.5. The number of aldehydes is 1. The van der Waals surface area contributed by atoms with Crippen LogP contribution in [0.5, 0.6) is 5.75 Å². The van der Waals surface area contributed by atoms with Crippen LogP contribution >= 0.6 is 11.3 Å². The summed E-state index contributed by atoms with van der Waals surface area (Å²) in [7, 11) is -1.49. The Labute approximate surface area is 162 Å². The first-order valence-electron chi connectivity index (χ1n) is 8.01. The third-order valence-corrected chi connectivity index (χ3v) is 4.99. The molecule has 1 aromatic carbocycles. The lowest BCUT2D eigenvalue weighted by molar-refractivity contribution is -0.113. The highest BCUT2D eigenvalue weighted by Gasteiger charge is 2.39. The normalized spacial score (nSPS) is 16.2. The fourth-order valence-corrected chi connectivity index (χ4v) is 3.56. The highest BCUT2D eigenvalue weighted by molar-refractivity contribution is 7.13. The molecule has 5 N–H and O–H groups in total. The van der Waals surface area contributed by atoms with Gasteiger partial charge in [-0.05, 0) is 12.0 Å². The van der Waals surface area contributed by atoms with E-state index in [4.69, 9.17) is 15.6 Å². The minimum absolute atomic E-state index is 0.0798. The van der Waals surface area contributed by atoms with Gasteiger partial charge in [0.05, 0.1) is 0 Å². The van der Waals surface area contributed by atoms with Crippen LogP contribution in [0, 0.1) is 0 Å². The van der Waals surface area contributed by atoms with Crippen LogP contribution in [-0.4, -0.2) is 51.2 Å². The standard InChI is InChI=1S/C16H14BN3O7S/c18-16-19-10(6-28-16)13(20-26)11(22)4-9-3-7-1-2-8(5-21)12(15(23)24)14(7)27-17(9)25/h1-2,5-6,9,25-26H,3-4H2,(H2,18,19)(H,23,24)/b20-13-/t9-/m1/s1. The zero-order valence-electron chi connectivity index (χ0n) is 14.2. The molecule has 0 spiro atoms. The van der Waals surface area contributed by atoms with Crippen molar-refractivity contribution in [3.63, 3.8) is 0 Å². The number of nitrogen functional groups attached to an aromatic ring is 1. The third kappa shape index (κ3) is 3.59. The van der Waals surface area contributed by atoms with Gasteiger partial charge in [-0.1, -0.05) is 17.3 Å². The van der Waals surface area contributed by atoms with Crippen molar-refractivity contribution in [3.8, 4) is 5.75 Å². The number of carbonyl (C=O) groups is 3. The van der Waals surface area contributed by atoms with Crippen LogP contribution in [0.3, 0.4) is 0 Å². The molecule has 3 rings (SSSR count). The van der Waals surface area contributed by atoms with Crippen molar-refractivity contribution in [2.24, 2.45) is 5.16 Å². The van der Waals surface area contributed by atoms with E-state index in [1.165, 1.54) is 17.5 Å². The molecule has 10 nitrogen and oxygen atoms in total. The largest absolute Gasteiger partial charge is 0.535 e. The maximum Gasteiger partial charge on any atom is 0.526 e. The van der Waals surface area contributed by atoms with Crippen molar-refractivity contribution in [2.75, 3.05) is 5.73 Å². The van der Waals surface area contributed by atoms with Gasteiger partial charge < -0.3 is 25.7 Å². The van der Waals surface area contributed by atoms with Gasteiger partial charge in [-0.15, -0.1) is 11.3 Å². The third-order valence-electron chi connectivity index (χ3n) is 4.31. The Morgan fingerprint density at radius 3 is 2.79 bits per heavy atom. The smallest absolute Gasteiger partial charge is 0.526 e. The molecular weight excluding hydrogens is 389 g/mol. The Morgan fingerprint density at radius 2 is 2.21 bits per heavy atom. The van der Waals surface area contributed by atoms with Crippen LogP contribution in [-0.2, 0) is 11.2 Å². The van der Waals surface area contributed by atoms with E-state index in [9.17, 15) is 24.5 Å². The van der Waals surface area contributed by atoms with Crippen molar-refractivity contribution >= 4 is 47.3 Å². The molecule has 2 aromatic rings. The number of oxime groups is 1. The Kier molecular flexibility index (Phi) is 5.42. The zero-order valence-corrected chi connectivity index (χ0v) is 15.0. The monoisotopic (exact) mass is 403 g/mol. The summed E-state index contributed by atoms with van der Waals surface area (Å²) in [6.45, 7) is 0. The topological polar surface area (TPSA) is 172 Å². The fourth-order valence-electron chi connectivity index (χ4n) is 3.01. The second-order valence-corrected chi connectivity index (χ2v) is 6.95. The molecule has 1 atom stereocenters. The summed E-state index contributed by atoms with van der Waals surface area (Å²) in [4.78, 5) is 39.0. The number of fused-ring (bicyclic) bond motifs is 1.